The molecule has 3 N–H and O–H groups in total. The average molecular weight is 369 g/mol. The molecule has 1 atom stereocenters. The summed E-state index contributed by atoms with van der Waals surface area (Å²) < 4.78 is 0. The van der Waals surface area contributed by atoms with Gasteiger partial charge in [-0.1, -0.05) is 30.3 Å². The van der Waals surface area contributed by atoms with Gasteiger partial charge < -0.3 is 11.1 Å². The van der Waals surface area contributed by atoms with Crippen LogP contribution in [-0.4, -0.2) is 34.9 Å². The molecule has 0 spiro atoms. The number of nitrogens with two attached hydrogens (primary N) is 1. The molecule has 1 aromatic heterocycles. The minimum absolute atomic E-state index is 0. The van der Waals surface area contributed by atoms with Crippen molar-refractivity contribution >= 4 is 36.4 Å². The van der Waals surface area contributed by atoms with Gasteiger partial charge in [-0.05, 0) is 24.1 Å². The number of nitrogens with one attached hydrogen (secondary N) is 1. The second-order valence-electron chi connectivity index (χ2n) is 5.66. The van der Waals surface area contributed by atoms with E-state index in [1.807, 2.05) is 6.07 Å². The number of carbonyl (C=O) groups is 1. The van der Waals surface area contributed by atoms with E-state index in [9.17, 15) is 4.79 Å². The van der Waals surface area contributed by atoms with E-state index in [2.05, 4.69) is 39.5 Å². The second-order valence-corrected chi connectivity index (χ2v) is 5.66. The van der Waals surface area contributed by atoms with Crippen LogP contribution in [0.5, 0.6) is 0 Å². The van der Waals surface area contributed by atoms with Crippen molar-refractivity contribution in [2.24, 2.45) is 0 Å². The van der Waals surface area contributed by atoms with Gasteiger partial charge in [0.1, 0.15) is 5.69 Å². The van der Waals surface area contributed by atoms with E-state index in [0.29, 0.717) is 11.4 Å². The number of amides is 1. The summed E-state index contributed by atoms with van der Waals surface area (Å²) in [6.45, 7) is 2.79. The number of carbonyl (C=O) groups excluding carboxylic acids is 1. The van der Waals surface area contributed by atoms with E-state index < -0.39 is 0 Å². The number of nitrogens with zero attached hydrogens (tertiary/aromatic N) is 2. The van der Waals surface area contributed by atoms with Gasteiger partial charge in [-0.25, -0.2) is 4.98 Å². The van der Waals surface area contributed by atoms with Crippen LogP contribution in [-0.2, 0) is 6.54 Å². The number of benzene rings is 1. The van der Waals surface area contributed by atoms with Gasteiger partial charge in [0, 0.05) is 25.7 Å². The lowest BCUT2D eigenvalue weighted by Gasteiger charge is -2.16. The van der Waals surface area contributed by atoms with Crippen molar-refractivity contribution in [3.63, 3.8) is 0 Å². The number of nitrogen functional groups attached to an aromatic ring is 1. The van der Waals surface area contributed by atoms with Crippen molar-refractivity contribution in [1.82, 2.24) is 15.2 Å². The zero-order valence-corrected chi connectivity index (χ0v) is 14.9. The van der Waals surface area contributed by atoms with E-state index in [1.165, 1.54) is 11.8 Å². The minimum Gasteiger partial charge on any atom is -0.397 e. The van der Waals surface area contributed by atoms with Crippen LogP contribution in [0, 0.1) is 0 Å². The number of aromatic nitrogens is 1. The Morgan fingerprint density at radius 2 is 1.96 bits per heavy atom. The van der Waals surface area contributed by atoms with Crippen LogP contribution in [0.15, 0.2) is 48.7 Å². The summed E-state index contributed by atoms with van der Waals surface area (Å²) in [5.74, 6) is -0.133. The number of rotatable bonds is 4. The van der Waals surface area contributed by atoms with Gasteiger partial charge in [-0.15, -0.1) is 24.8 Å². The number of anilines is 1. The summed E-state index contributed by atoms with van der Waals surface area (Å²) in [5.41, 5.74) is 7.86. The second kappa shape index (κ2) is 9.47. The zero-order valence-electron chi connectivity index (χ0n) is 13.2. The Morgan fingerprint density at radius 3 is 2.62 bits per heavy atom. The highest BCUT2D eigenvalue weighted by molar-refractivity contribution is 5.92. The van der Waals surface area contributed by atoms with Crippen LogP contribution in [0.25, 0.3) is 0 Å². The van der Waals surface area contributed by atoms with Crippen molar-refractivity contribution in [2.75, 3.05) is 18.8 Å². The molecule has 1 unspecified atom stereocenters. The van der Waals surface area contributed by atoms with Gasteiger partial charge in [-0.2, -0.15) is 0 Å². The predicted molar refractivity (Wildman–Crippen MR) is 101 cm³/mol. The maximum atomic E-state index is 12.1. The third-order valence-corrected chi connectivity index (χ3v) is 3.88. The van der Waals surface area contributed by atoms with Crippen LogP contribution in [0.3, 0.4) is 0 Å². The fraction of sp³-hybridized carbons (Fsp3) is 0.294. The van der Waals surface area contributed by atoms with Gasteiger partial charge in [0.15, 0.2) is 0 Å². The highest BCUT2D eigenvalue weighted by Crippen LogP contribution is 2.14. The molecule has 1 aliphatic rings. The van der Waals surface area contributed by atoms with Gasteiger partial charge in [0.2, 0.25) is 0 Å². The molecule has 1 fully saturated rings. The number of hydrogen-bond donors (Lipinski definition) is 2. The molecule has 3 rings (SSSR count). The fourth-order valence-electron chi connectivity index (χ4n) is 2.73. The van der Waals surface area contributed by atoms with E-state index in [4.69, 9.17) is 5.73 Å². The molecule has 0 radical (unpaired) electrons. The molecule has 2 aromatic rings. The van der Waals surface area contributed by atoms with Crippen molar-refractivity contribution < 1.29 is 4.79 Å². The summed E-state index contributed by atoms with van der Waals surface area (Å²) in [7, 11) is 0. The van der Waals surface area contributed by atoms with E-state index >= 15 is 0 Å². The number of hydrogen-bond acceptors (Lipinski definition) is 4. The number of halogens is 2. The Labute approximate surface area is 154 Å². The number of pyridine rings is 1. The third kappa shape index (κ3) is 5.37. The Balaban J connectivity index is 0.00000144. The molecular weight excluding hydrogens is 347 g/mol. The topological polar surface area (TPSA) is 71.2 Å². The van der Waals surface area contributed by atoms with Crippen molar-refractivity contribution in [3.8, 4) is 0 Å². The summed E-state index contributed by atoms with van der Waals surface area (Å²) >= 11 is 0. The summed E-state index contributed by atoms with van der Waals surface area (Å²) in [5, 5.41) is 3.05. The zero-order chi connectivity index (χ0) is 15.4. The molecule has 0 aliphatic carbocycles. The molecule has 7 heteroatoms. The van der Waals surface area contributed by atoms with Crippen LogP contribution in [0.1, 0.15) is 22.5 Å². The molecule has 130 valence electrons. The molecule has 1 amide bonds. The largest absolute Gasteiger partial charge is 0.397 e. The Bertz CT molecular complexity index is 637. The van der Waals surface area contributed by atoms with Crippen molar-refractivity contribution in [1.29, 1.82) is 0 Å². The van der Waals surface area contributed by atoms with Crippen LogP contribution in [0.2, 0.25) is 0 Å². The molecule has 2 heterocycles. The Kier molecular flexibility index (Phi) is 7.98. The predicted octanol–water partition coefficient (Wildman–Crippen LogP) is 2.51. The molecule has 1 saturated heterocycles. The van der Waals surface area contributed by atoms with Gasteiger partial charge in [0.05, 0.1) is 11.9 Å². The summed E-state index contributed by atoms with van der Waals surface area (Å²) in [6, 6.07) is 13.9. The molecule has 5 nitrogen and oxygen atoms in total. The van der Waals surface area contributed by atoms with Gasteiger partial charge in [-0.3, -0.25) is 9.69 Å². The normalized spacial score (nSPS) is 16.8. The average Bonchev–Trinajstić information content (AvgIpc) is 2.96. The standard InChI is InChI=1S/C17H20N4O.2ClH/c18-14-6-7-16(19-10-14)17(22)20-15-8-9-21(12-15)11-13-4-2-1-3-5-13;;/h1-7,10,15H,8-9,11-12,18H2,(H,20,22);2*1H. The first-order valence-corrected chi connectivity index (χ1v) is 7.49. The smallest absolute Gasteiger partial charge is 0.270 e. The monoisotopic (exact) mass is 368 g/mol. The quantitative estimate of drug-likeness (QED) is 0.869. The first-order chi connectivity index (χ1) is 10.7. The first-order valence-electron chi connectivity index (χ1n) is 7.49. The highest BCUT2D eigenvalue weighted by atomic mass is 35.5. The van der Waals surface area contributed by atoms with Crippen LogP contribution < -0.4 is 11.1 Å². The van der Waals surface area contributed by atoms with Gasteiger partial charge in [0.25, 0.3) is 5.91 Å². The Hall–Kier alpha value is -1.82. The fourth-order valence-corrected chi connectivity index (χ4v) is 2.73. The lowest BCUT2D eigenvalue weighted by molar-refractivity contribution is 0.0932. The lowest BCUT2D eigenvalue weighted by atomic mass is 10.2. The molecular formula is C17H22Cl2N4O. The first kappa shape index (κ1) is 20.2. The molecule has 0 saturated carbocycles. The molecule has 1 aliphatic heterocycles. The molecule has 24 heavy (non-hydrogen) atoms. The van der Waals surface area contributed by atoms with Crippen molar-refractivity contribution in [2.45, 2.75) is 19.0 Å². The van der Waals surface area contributed by atoms with Crippen molar-refractivity contribution in [3.05, 3.63) is 59.9 Å². The summed E-state index contributed by atoms with van der Waals surface area (Å²) in [6.07, 6.45) is 2.47. The highest BCUT2D eigenvalue weighted by Gasteiger charge is 2.24. The third-order valence-electron chi connectivity index (χ3n) is 3.88. The SMILES string of the molecule is Cl.Cl.Nc1ccc(C(=O)NC2CCN(Cc3ccccc3)C2)nc1. The lowest BCUT2D eigenvalue weighted by Crippen LogP contribution is -2.37. The Morgan fingerprint density at radius 1 is 1.21 bits per heavy atom. The van der Waals surface area contributed by atoms with E-state index in [1.54, 1.807) is 12.1 Å². The maximum absolute atomic E-state index is 12.1. The van der Waals surface area contributed by atoms with Gasteiger partial charge >= 0.3 is 0 Å². The molecule has 0 bridgehead atoms. The minimum atomic E-state index is -0.133. The molecule has 1 aromatic carbocycles. The van der Waals surface area contributed by atoms with E-state index in [0.717, 1.165) is 26.1 Å². The van der Waals surface area contributed by atoms with E-state index in [-0.39, 0.29) is 36.8 Å². The van der Waals surface area contributed by atoms with Crippen LogP contribution >= 0.6 is 24.8 Å². The summed E-state index contributed by atoms with van der Waals surface area (Å²) in [4.78, 5) is 18.6. The maximum Gasteiger partial charge on any atom is 0.270 e. The van der Waals surface area contributed by atoms with Crippen LogP contribution in [0.4, 0.5) is 5.69 Å². The number of likely N-dealkylation sites (tertiary alicyclic amines) is 1.